The fourth-order valence-corrected chi connectivity index (χ4v) is 2.23. The second-order valence-corrected chi connectivity index (χ2v) is 5.71. The van der Waals surface area contributed by atoms with Crippen LogP contribution in [0.2, 0.25) is 0 Å². The lowest BCUT2D eigenvalue weighted by Crippen LogP contribution is -2.53. The van der Waals surface area contributed by atoms with Gasteiger partial charge in [-0.3, -0.25) is 4.90 Å². The van der Waals surface area contributed by atoms with E-state index in [4.69, 9.17) is 0 Å². The Morgan fingerprint density at radius 3 is 2.00 bits per heavy atom. The van der Waals surface area contributed by atoms with Crippen molar-refractivity contribution < 1.29 is 0 Å². The van der Waals surface area contributed by atoms with Crippen molar-refractivity contribution in [1.29, 1.82) is 0 Å². The largest absolute Gasteiger partial charge is 0.301 e. The Morgan fingerprint density at radius 2 is 1.53 bits per heavy atom. The Bertz CT molecular complexity index is 164. The molecule has 1 rings (SSSR count). The van der Waals surface area contributed by atoms with Crippen LogP contribution in [0.15, 0.2) is 0 Å². The van der Waals surface area contributed by atoms with E-state index in [2.05, 4.69) is 37.5 Å². The molecule has 0 spiro atoms. The van der Waals surface area contributed by atoms with Crippen LogP contribution in [0, 0.1) is 0 Å². The summed E-state index contributed by atoms with van der Waals surface area (Å²) < 4.78 is 0. The summed E-state index contributed by atoms with van der Waals surface area (Å²) in [6.45, 7) is 15.6. The zero-order valence-corrected chi connectivity index (χ0v) is 11.1. The Labute approximate surface area is 95.6 Å². The first-order valence-corrected chi connectivity index (χ1v) is 6.51. The summed E-state index contributed by atoms with van der Waals surface area (Å²) in [7, 11) is 0. The van der Waals surface area contributed by atoms with Gasteiger partial charge in [0, 0.05) is 31.7 Å². The lowest BCUT2D eigenvalue weighted by molar-refractivity contribution is 0.0616. The molecule has 1 saturated heterocycles. The predicted octanol–water partition coefficient (Wildman–Crippen LogP) is 2.59. The molecule has 0 bridgehead atoms. The fourth-order valence-electron chi connectivity index (χ4n) is 2.23. The van der Waals surface area contributed by atoms with Crippen LogP contribution in [0.1, 0.15) is 47.0 Å². The average molecular weight is 212 g/mol. The molecule has 0 amide bonds. The first-order valence-electron chi connectivity index (χ1n) is 6.51. The summed E-state index contributed by atoms with van der Waals surface area (Å²) >= 11 is 0. The van der Waals surface area contributed by atoms with E-state index < -0.39 is 0 Å². The number of unbranched alkanes of at least 4 members (excludes halogenated alkanes) is 2. The number of piperazine rings is 1. The van der Waals surface area contributed by atoms with Crippen LogP contribution < -0.4 is 0 Å². The van der Waals surface area contributed by atoms with Crippen molar-refractivity contribution in [3.8, 4) is 0 Å². The molecule has 1 aliphatic heterocycles. The van der Waals surface area contributed by atoms with Crippen molar-refractivity contribution >= 4 is 0 Å². The second kappa shape index (κ2) is 5.86. The summed E-state index contributed by atoms with van der Waals surface area (Å²) in [6, 6.07) is 0. The van der Waals surface area contributed by atoms with E-state index in [-0.39, 0.29) is 0 Å². The lowest BCUT2D eigenvalue weighted by atomic mass is 10.0. The average Bonchev–Trinajstić information content (AvgIpc) is 2.18. The van der Waals surface area contributed by atoms with Gasteiger partial charge < -0.3 is 4.90 Å². The molecule has 1 fully saturated rings. The number of hydrogen-bond donors (Lipinski definition) is 0. The van der Waals surface area contributed by atoms with Crippen molar-refractivity contribution in [1.82, 2.24) is 9.80 Å². The molecule has 0 aromatic heterocycles. The highest BCUT2D eigenvalue weighted by Gasteiger charge is 2.25. The fraction of sp³-hybridized carbons (Fsp3) is 1.00. The standard InChI is InChI=1S/C13H28N2/c1-5-6-7-8-14-9-11-15(12-10-14)13(2,3)4/h5-12H2,1-4H3. The molecule has 1 heterocycles. The summed E-state index contributed by atoms with van der Waals surface area (Å²) in [5.74, 6) is 0. The summed E-state index contributed by atoms with van der Waals surface area (Å²) in [4.78, 5) is 5.22. The van der Waals surface area contributed by atoms with Crippen LogP contribution in [-0.2, 0) is 0 Å². The smallest absolute Gasteiger partial charge is 0.0126 e. The summed E-state index contributed by atoms with van der Waals surface area (Å²) in [5, 5.41) is 0. The van der Waals surface area contributed by atoms with Gasteiger partial charge in [0.2, 0.25) is 0 Å². The normalized spacial score (nSPS) is 20.8. The maximum absolute atomic E-state index is 2.62. The molecule has 2 heteroatoms. The highest BCUT2D eigenvalue weighted by atomic mass is 15.3. The van der Waals surface area contributed by atoms with E-state index >= 15 is 0 Å². The Hall–Kier alpha value is -0.0800. The lowest BCUT2D eigenvalue weighted by Gasteiger charge is -2.42. The highest BCUT2D eigenvalue weighted by Crippen LogP contribution is 2.15. The molecular weight excluding hydrogens is 184 g/mol. The number of hydrogen-bond acceptors (Lipinski definition) is 2. The third-order valence-electron chi connectivity index (χ3n) is 3.40. The third kappa shape index (κ3) is 4.52. The monoisotopic (exact) mass is 212 g/mol. The van der Waals surface area contributed by atoms with Crippen LogP contribution in [-0.4, -0.2) is 48.1 Å². The third-order valence-corrected chi connectivity index (χ3v) is 3.40. The molecule has 0 atom stereocenters. The van der Waals surface area contributed by atoms with Crippen LogP contribution >= 0.6 is 0 Å². The van der Waals surface area contributed by atoms with Gasteiger partial charge in [-0.1, -0.05) is 19.8 Å². The van der Waals surface area contributed by atoms with Crippen molar-refractivity contribution in [3.05, 3.63) is 0 Å². The minimum Gasteiger partial charge on any atom is -0.301 e. The zero-order valence-electron chi connectivity index (χ0n) is 11.1. The van der Waals surface area contributed by atoms with Crippen molar-refractivity contribution in [3.63, 3.8) is 0 Å². The quantitative estimate of drug-likeness (QED) is 0.661. The zero-order chi connectivity index (χ0) is 11.3. The van der Waals surface area contributed by atoms with Gasteiger partial charge >= 0.3 is 0 Å². The van der Waals surface area contributed by atoms with Gasteiger partial charge in [-0.25, -0.2) is 0 Å². The Kier molecular flexibility index (Phi) is 5.07. The number of rotatable bonds is 4. The first-order chi connectivity index (χ1) is 7.04. The van der Waals surface area contributed by atoms with Gasteiger partial charge in [0.05, 0.1) is 0 Å². The molecule has 15 heavy (non-hydrogen) atoms. The molecule has 0 N–H and O–H groups in total. The van der Waals surface area contributed by atoms with Gasteiger partial charge in [0.15, 0.2) is 0 Å². The van der Waals surface area contributed by atoms with Gasteiger partial charge in [0.25, 0.3) is 0 Å². The maximum Gasteiger partial charge on any atom is 0.0126 e. The SMILES string of the molecule is CCCCCN1CCN(C(C)(C)C)CC1. The number of nitrogens with zero attached hydrogens (tertiary/aromatic N) is 2. The maximum atomic E-state index is 2.62. The molecular formula is C13H28N2. The van der Waals surface area contributed by atoms with E-state index in [0.717, 1.165) is 0 Å². The molecule has 0 aliphatic carbocycles. The van der Waals surface area contributed by atoms with Gasteiger partial charge in [-0.15, -0.1) is 0 Å². The molecule has 0 aromatic carbocycles. The predicted molar refractivity (Wildman–Crippen MR) is 67.3 cm³/mol. The van der Waals surface area contributed by atoms with Crippen molar-refractivity contribution in [2.45, 2.75) is 52.5 Å². The van der Waals surface area contributed by atoms with Crippen LogP contribution in [0.4, 0.5) is 0 Å². The van der Waals surface area contributed by atoms with E-state index in [1.807, 2.05) is 0 Å². The van der Waals surface area contributed by atoms with E-state index in [1.54, 1.807) is 0 Å². The second-order valence-electron chi connectivity index (χ2n) is 5.71. The molecule has 0 unspecified atom stereocenters. The van der Waals surface area contributed by atoms with Gasteiger partial charge in [0.1, 0.15) is 0 Å². The van der Waals surface area contributed by atoms with Crippen molar-refractivity contribution in [2.75, 3.05) is 32.7 Å². The van der Waals surface area contributed by atoms with Gasteiger partial charge in [-0.05, 0) is 33.7 Å². The first kappa shape index (κ1) is 13.0. The van der Waals surface area contributed by atoms with Crippen LogP contribution in [0.5, 0.6) is 0 Å². The van der Waals surface area contributed by atoms with E-state index in [0.29, 0.717) is 5.54 Å². The Morgan fingerprint density at radius 1 is 0.933 bits per heavy atom. The molecule has 0 radical (unpaired) electrons. The molecule has 0 aromatic rings. The molecule has 1 aliphatic rings. The van der Waals surface area contributed by atoms with E-state index in [9.17, 15) is 0 Å². The minimum absolute atomic E-state index is 0.357. The van der Waals surface area contributed by atoms with Crippen LogP contribution in [0.25, 0.3) is 0 Å². The Balaban J connectivity index is 2.18. The van der Waals surface area contributed by atoms with Gasteiger partial charge in [-0.2, -0.15) is 0 Å². The molecule has 90 valence electrons. The summed E-state index contributed by atoms with van der Waals surface area (Å²) in [5.41, 5.74) is 0.357. The summed E-state index contributed by atoms with van der Waals surface area (Å²) in [6.07, 6.45) is 4.10. The highest BCUT2D eigenvalue weighted by molar-refractivity contribution is 4.81. The minimum atomic E-state index is 0.357. The van der Waals surface area contributed by atoms with Crippen molar-refractivity contribution in [2.24, 2.45) is 0 Å². The molecule has 2 nitrogen and oxygen atoms in total. The van der Waals surface area contributed by atoms with E-state index in [1.165, 1.54) is 52.0 Å². The molecule has 0 saturated carbocycles. The topological polar surface area (TPSA) is 6.48 Å². The van der Waals surface area contributed by atoms with Crippen LogP contribution in [0.3, 0.4) is 0 Å².